The van der Waals surface area contributed by atoms with E-state index in [2.05, 4.69) is 40.3 Å². The summed E-state index contributed by atoms with van der Waals surface area (Å²) in [6.07, 6.45) is 4.24. The van der Waals surface area contributed by atoms with Gasteiger partial charge in [0.2, 0.25) is 5.91 Å². The maximum Gasteiger partial charge on any atom is 0.326 e. The topological polar surface area (TPSA) is 82.6 Å². The highest BCUT2D eigenvalue weighted by atomic mass is 16.5. The molecule has 8 nitrogen and oxygen atoms in total. The highest BCUT2D eigenvalue weighted by molar-refractivity contribution is 5.93. The fourth-order valence-corrected chi connectivity index (χ4v) is 5.95. The number of likely N-dealkylation sites (tertiary alicyclic amines) is 1. The van der Waals surface area contributed by atoms with E-state index in [4.69, 9.17) is 4.74 Å². The Labute approximate surface area is 212 Å². The summed E-state index contributed by atoms with van der Waals surface area (Å²) >= 11 is 0. The maximum atomic E-state index is 13.1. The number of amides is 1. The fraction of sp³-hybridized carbons (Fsp3) is 0.500. The van der Waals surface area contributed by atoms with Crippen LogP contribution in [0.15, 0.2) is 41.2 Å². The van der Waals surface area contributed by atoms with Crippen LogP contribution in [0.4, 0.5) is 11.4 Å². The standard InChI is InChI=1S/C28H37N5O3/c1-18-8-11-20(16-25(18)36-4)29-27(34)19-9-12-21(13-10-19)33-24-7-5-6-23(26(24)30-28(33)35)32(3)22-14-15-31(2)17-22/h5-8,11,16,19,21-22H,9-10,12-15,17H2,1-4H3,(H,29,34)(H,30,35)/t19-,21+,22?. The van der Waals surface area contributed by atoms with Crippen molar-refractivity contribution in [3.63, 3.8) is 0 Å². The zero-order chi connectivity index (χ0) is 25.4. The summed E-state index contributed by atoms with van der Waals surface area (Å²) in [6.45, 7) is 4.10. The van der Waals surface area contributed by atoms with E-state index in [-0.39, 0.29) is 23.6 Å². The molecule has 1 aliphatic heterocycles. The maximum absolute atomic E-state index is 13.1. The summed E-state index contributed by atoms with van der Waals surface area (Å²) in [7, 11) is 5.92. The largest absolute Gasteiger partial charge is 0.496 e. The van der Waals surface area contributed by atoms with E-state index in [0.29, 0.717) is 6.04 Å². The number of hydrogen-bond acceptors (Lipinski definition) is 5. The van der Waals surface area contributed by atoms with Crippen molar-refractivity contribution >= 4 is 28.3 Å². The molecular weight excluding hydrogens is 454 g/mol. The molecule has 0 radical (unpaired) electrons. The quantitative estimate of drug-likeness (QED) is 0.541. The van der Waals surface area contributed by atoms with Crippen molar-refractivity contribution in [2.24, 2.45) is 5.92 Å². The number of para-hydroxylation sites is 1. The molecule has 1 saturated carbocycles. The van der Waals surface area contributed by atoms with Gasteiger partial charge in [-0.2, -0.15) is 0 Å². The van der Waals surface area contributed by atoms with Crippen LogP contribution in [-0.2, 0) is 4.79 Å². The molecule has 2 aliphatic rings. The number of carbonyl (C=O) groups excluding carboxylic acids is 1. The zero-order valence-corrected chi connectivity index (χ0v) is 21.7. The van der Waals surface area contributed by atoms with Gasteiger partial charge in [-0.15, -0.1) is 0 Å². The Hall–Kier alpha value is -3.26. The van der Waals surface area contributed by atoms with Gasteiger partial charge in [-0.1, -0.05) is 12.1 Å². The van der Waals surface area contributed by atoms with Gasteiger partial charge in [-0.25, -0.2) is 4.79 Å². The third-order valence-corrected chi connectivity index (χ3v) is 8.13. The third kappa shape index (κ3) is 4.62. The second-order valence-corrected chi connectivity index (χ2v) is 10.5. The van der Waals surface area contributed by atoms with Gasteiger partial charge in [0.1, 0.15) is 5.75 Å². The normalized spacial score (nSPS) is 22.6. The average molecular weight is 492 g/mol. The van der Waals surface area contributed by atoms with E-state index in [1.54, 1.807) is 7.11 Å². The molecule has 2 N–H and O–H groups in total. The van der Waals surface area contributed by atoms with Gasteiger partial charge in [-0.05, 0) is 76.4 Å². The number of benzene rings is 2. The third-order valence-electron chi connectivity index (χ3n) is 8.13. The van der Waals surface area contributed by atoms with E-state index in [1.165, 1.54) is 0 Å². The number of anilines is 2. The first kappa shape index (κ1) is 24.4. The van der Waals surface area contributed by atoms with Crippen LogP contribution in [0.1, 0.15) is 43.7 Å². The minimum Gasteiger partial charge on any atom is -0.496 e. The molecule has 1 unspecified atom stereocenters. The molecule has 1 atom stereocenters. The molecule has 1 aromatic heterocycles. The Balaban J connectivity index is 1.29. The molecule has 3 aromatic rings. The predicted molar refractivity (Wildman–Crippen MR) is 144 cm³/mol. The first-order valence-electron chi connectivity index (χ1n) is 13.0. The molecule has 0 bridgehead atoms. The van der Waals surface area contributed by atoms with Crippen LogP contribution in [0.25, 0.3) is 11.0 Å². The van der Waals surface area contributed by atoms with E-state index >= 15 is 0 Å². The summed E-state index contributed by atoms with van der Waals surface area (Å²) < 4.78 is 7.30. The lowest BCUT2D eigenvalue weighted by atomic mass is 9.85. The Morgan fingerprint density at radius 3 is 2.61 bits per heavy atom. The van der Waals surface area contributed by atoms with Crippen LogP contribution in [0, 0.1) is 12.8 Å². The highest BCUT2D eigenvalue weighted by Gasteiger charge is 2.30. The molecule has 2 fully saturated rings. The molecule has 1 amide bonds. The first-order chi connectivity index (χ1) is 17.4. The molecule has 2 heterocycles. The van der Waals surface area contributed by atoms with Crippen molar-refractivity contribution in [1.82, 2.24) is 14.5 Å². The number of rotatable bonds is 6. The van der Waals surface area contributed by atoms with Gasteiger partial charge in [0.25, 0.3) is 0 Å². The van der Waals surface area contributed by atoms with Crippen LogP contribution in [0.3, 0.4) is 0 Å². The Morgan fingerprint density at radius 1 is 1.14 bits per heavy atom. The predicted octanol–water partition coefficient (Wildman–Crippen LogP) is 4.16. The number of nitrogens with zero attached hydrogens (tertiary/aromatic N) is 3. The van der Waals surface area contributed by atoms with Crippen molar-refractivity contribution in [3.8, 4) is 5.75 Å². The smallest absolute Gasteiger partial charge is 0.326 e. The van der Waals surface area contributed by atoms with Gasteiger partial charge >= 0.3 is 5.69 Å². The van der Waals surface area contributed by atoms with Crippen molar-refractivity contribution < 1.29 is 9.53 Å². The number of hydrogen-bond donors (Lipinski definition) is 2. The van der Waals surface area contributed by atoms with Crippen molar-refractivity contribution in [1.29, 1.82) is 0 Å². The minimum absolute atomic E-state index is 0.0380. The van der Waals surface area contributed by atoms with Crippen molar-refractivity contribution in [3.05, 3.63) is 52.4 Å². The van der Waals surface area contributed by atoms with Gasteiger partial charge < -0.3 is 24.8 Å². The summed E-state index contributed by atoms with van der Waals surface area (Å²) in [6, 6.07) is 12.4. The van der Waals surface area contributed by atoms with Crippen LogP contribution in [-0.4, -0.2) is 60.7 Å². The molecule has 192 valence electrons. The van der Waals surface area contributed by atoms with E-state index in [1.807, 2.05) is 41.8 Å². The van der Waals surface area contributed by atoms with Gasteiger partial charge in [-0.3, -0.25) is 9.36 Å². The second kappa shape index (κ2) is 10.0. The molecule has 36 heavy (non-hydrogen) atoms. The number of aromatic nitrogens is 2. The molecule has 2 aromatic carbocycles. The number of fused-ring (bicyclic) bond motifs is 1. The molecule has 1 saturated heterocycles. The lowest BCUT2D eigenvalue weighted by Crippen LogP contribution is -2.33. The van der Waals surface area contributed by atoms with E-state index in [9.17, 15) is 9.59 Å². The van der Waals surface area contributed by atoms with Gasteiger partial charge in [0.05, 0.1) is 23.8 Å². The SMILES string of the molecule is COc1cc(NC(=O)[C@H]2CC[C@@H](n3c(=O)[nH]c4c(N(C)C5CCN(C)C5)cccc43)CC2)ccc1C. The lowest BCUT2D eigenvalue weighted by Gasteiger charge is -2.29. The number of methoxy groups -OCH3 is 1. The lowest BCUT2D eigenvalue weighted by molar-refractivity contribution is -0.121. The molecule has 0 spiro atoms. The summed E-state index contributed by atoms with van der Waals surface area (Å²) in [5.41, 5.74) is 4.66. The van der Waals surface area contributed by atoms with Gasteiger partial charge in [0, 0.05) is 43.3 Å². The van der Waals surface area contributed by atoms with Crippen LogP contribution >= 0.6 is 0 Å². The summed E-state index contributed by atoms with van der Waals surface area (Å²) in [5, 5.41) is 3.05. The Kier molecular flexibility index (Phi) is 6.79. The number of aromatic amines is 1. The first-order valence-corrected chi connectivity index (χ1v) is 13.0. The number of H-pyrrole nitrogens is 1. The number of aryl methyl sites for hydroxylation is 1. The van der Waals surface area contributed by atoms with E-state index < -0.39 is 0 Å². The Morgan fingerprint density at radius 2 is 1.92 bits per heavy atom. The van der Waals surface area contributed by atoms with Crippen LogP contribution in [0.2, 0.25) is 0 Å². The number of nitrogens with one attached hydrogen (secondary N) is 2. The number of carbonyl (C=O) groups is 1. The summed E-state index contributed by atoms with van der Waals surface area (Å²) in [4.78, 5) is 33.9. The number of ether oxygens (including phenoxy) is 1. The van der Waals surface area contributed by atoms with Crippen molar-refractivity contribution in [2.45, 2.75) is 51.1 Å². The number of imidazole rings is 1. The highest BCUT2D eigenvalue weighted by Crippen LogP contribution is 2.36. The van der Waals surface area contributed by atoms with E-state index in [0.717, 1.165) is 78.9 Å². The minimum atomic E-state index is -0.0611. The fourth-order valence-electron chi connectivity index (χ4n) is 5.95. The molecule has 5 rings (SSSR count). The van der Waals surface area contributed by atoms with Crippen LogP contribution in [0.5, 0.6) is 5.75 Å². The molecular formula is C28H37N5O3. The van der Waals surface area contributed by atoms with Crippen LogP contribution < -0.4 is 20.6 Å². The second-order valence-electron chi connectivity index (χ2n) is 10.5. The molecule has 1 aliphatic carbocycles. The van der Waals surface area contributed by atoms with Crippen molar-refractivity contribution in [2.75, 3.05) is 44.5 Å². The molecule has 8 heteroatoms. The monoisotopic (exact) mass is 491 g/mol. The van der Waals surface area contributed by atoms with Gasteiger partial charge in [0.15, 0.2) is 0 Å². The number of likely N-dealkylation sites (N-methyl/N-ethyl adjacent to an activating group) is 2. The Bertz CT molecular complexity index is 1300. The zero-order valence-electron chi connectivity index (χ0n) is 21.7. The summed E-state index contributed by atoms with van der Waals surface area (Å²) in [5.74, 6) is 0.742. The average Bonchev–Trinajstić information content (AvgIpc) is 3.47.